The Balaban J connectivity index is 1.53. The number of anilines is 1. The third-order valence-corrected chi connectivity index (χ3v) is 6.05. The molecule has 0 aliphatic carbocycles. The van der Waals surface area contributed by atoms with Crippen LogP contribution in [0, 0.1) is 6.92 Å². The Labute approximate surface area is 177 Å². The van der Waals surface area contributed by atoms with Crippen molar-refractivity contribution in [2.24, 2.45) is 0 Å². The van der Waals surface area contributed by atoms with Crippen molar-refractivity contribution < 1.29 is 19.1 Å². The molecule has 0 spiro atoms. The van der Waals surface area contributed by atoms with Crippen molar-refractivity contribution in [2.75, 3.05) is 25.1 Å². The highest BCUT2D eigenvalue weighted by molar-refractivity contribution is 9.10. The summed E-state index contributed by atoms with van der Waals surface area (Å²) in [6.45, 7) is 2.69. The number of imide groups is 1. The SMILES string of the molecule is COc1ccc(C)c2c1N(C(=O)CCN1C(=O)c3ccc(Br)cc3C1=O)CCC2. The lowest BCUT2D eigenvalue weighted by Gasteiger charge is -2.32. The fourth-order valence-corrected chi connectivity index (χ4v) is 4.44. The molecule has 0 atom stereocenters. The molecule has 0 N–H and O–H groups in total. The van der Waals surface area contributed by atoms with Gasteiger partial charge in [-0.25, -0.2) is 0 Å². The van der Waals surface area contributed by atoms with Crippen molar-refractivity contribution >= 4 is 39.3 Å². The topological polar surface area (TPSA) is 66.9 Å². The van der Waals surface area contributed by atoms with Gasteiger partial charge in [0, 0.05) is 24.0 Å². The summed E-state index contributed by atoms with van der Waals surface area (Å²) >= 11 is 3.33. The largest absolute Gasteiger partial charge is 0.495 e. The maximum Gasteiger partial charge on any atom is 0.261 e. The van der Waals surface area contributed by atoms with E-state index in [1.54, 1.807) is 30.2 Å². The van der Waals surface area contributed by atoms with Crippen LogP contribution in [0.2, 0.25) is 0 Å². The second-order valence-electron chi connectivity index (χ2n) is 7.26. The van der Waals surface area contributed by atoms with E-state index in [-0.39, 0.29) is 30.7 Å². The number of carbonyl (C=O) groups is 3. The maximum absolute atomic E-state index is 13.1. The minimum atomic E-state index is -0.355. The van der Waals surface area contributed by atoms with Crippen LogP contribution in [0.3, 0.4) is 0 Å². The average molecular weight is 457 g/mol. The van der Waals surface area contributed by atoms with Gasteiger partial charge in [0.1, 0.15) is 5.75 Å². The first-order chi connectivity index (χ1) is 13.9. The fraction of sp³-hybridized carbons (Fsp3) is 0.318. The summed E-state index contributed by atoms with van der Waals surface area (Å²) in [5, 5.41) is 0. The number of fused-ring (bicyclic) bond motifs is 2. The van der Waals surface area contributed by atoms with Crippen molar-refractivity contribution in [1.29, 1.82) is 0 Å². The average Bonchev–Trinajstić information content (AvgIpc) is 2.95. The molecule has 0 saturated heterocycles. The van der Waals surface area contributed by atoms with E-state index >= 15 is 0 Å². The van der Waals surface area contributed by atoms with E-state index in [1.807, 2.05) is 19.1 Å². The summed E-state index contributed by atoms with van der Waals surface area (Å²) in [5.41, 5.74) is 3.82. The Hall–Kier alpha value is -2.67. The zero-order chi connectivity index (χ0) is 20.7. The van der Waals surface area contributed by atoms with Crippen molar-refractivity contribution in [2.45, 2.75) is 26.2 Å². The smallest absolute Gasteiger partial charge is 0.261 e. The first-order valence-electron chi connectivity index (χ1n) is 9.55. The van der Waals surface area contributed by atoms with E-state index in [9.17, 15) is 14.4 Å². The Kier molecular flexibility index (Phi) is 5.17. The van der Waals surface area contributed by atoms with Gasteiger partial charge in [0.15, 0.2) is 0 Å². The molecule has 3 amide bonds. The summed E-state index contributed by atoms with van der Waals surface area (Å²) in [6, 6.07) is 8.89. The highest BCUT2D eigenvalue weighted by atomic mass is 79.9. The summed E-state index contributed by atoms with van der Waals surface area (Å²) in [4.78, 5) is 41.2. The number of rotatable bonds is 4. The molecule has 0 aromatic heterocycles. The molecule has 6 nitrogen and oxygen atoms in total. The van der Waals surface area contributed by atoms with Crippen LogP contribution < -0.4 is 9.64 Å². The van der Waals surface area contributed by atoms with E-state index < -0.39 is 0 Å². The van der Waals surface area contributed by atoms with E-state index in [4.69, 9.17) is 4.74 Å². The third-order valence-electron chi connectivity index (χ3n) is 5.56. The van der Waals surface area contributed by atoms with Gasteiger partial charge in [-0.3, -0.25) is 19.3 Å². The number of aryl methyl sites for hydroxylation is 1. The minimum Gasteiger partial charge on any atom is -0.495 e. The van der Waals surface area contributed by atoms with Crippen LogP contribution in [0.4, 0.5) is 5.69 Å². The molecule has 2 aliphatic rings. The molecule has 7 heteroatoms. The highest BCUT2D eigenvalue weighted by Crippen LogP contribution is 2.38. The van der Waals surface area contributed by atoms with Crippen molar-refractivity contribution in [1.82, 2.24) is 4.90 Å². The van der Waals surface area contributed by atoms with Crippen molar-refractivity contribution in [3.05, 3.63) is 57.1 Å². The van der Waals surface area contributed by atoms with Gasteiger partial charge < -0.3 is 9.64 Å². The molecule has 2 aliphatic heterocycles. The minimum absolute atomic E-state index is 0.0583. The fourth-order valence-electron chi connectivity index (χ4n) is 4.08. The number of amides is 3. The van der Waals surface area contributed by atoms with Gasteiger partial charge in [0.25, 0.3) is 11.8 Å². The Morgan fingerprint density at radius 2 is 1.90 bits per heavy atom. The molecule has 4 rings (SSSR count). The van der Waals surface area contributed by atoms with Crippen molar-refractivity contribution in [3.8, 4) is 5.75 Å². The monoisotopic (exact) mass is 456 g/mol. The molecule has 0 saturated carbocycles. The lowest BCUT2D eigenvalue weighted by Crippen LogP contribution is -2.39. The lowest BCUT2D eigenvalue weighted by molar-refractivity contribution is -0.118. The van der Waals surface area contributed by atoms with Gasteiger partial charge in [-0.2, -0.15) is 0 Å². The number of carbonyl (C=O) groups excluding carboxylic acids is 3. The zero-order valence-electron chi connectivity index (χ0n) is 16.3. The standard InChI is InChI=1S/C22H21BrN2O4/c1-13-5-8-18(29-2)20-15(13)4-3-10-24(20)19(26)9-11-25-21(27)16-7-6-14(23)12-17(16)22(25)28/h5-8,12H,3-4,9-11H2,1-2H3. The molecular formula is C22H21BrN2O4. The number of halogens is 1. The van der Waals surface area contributed by atoms with E-state index in [0.29, 0.717) is 23.4 Å². The van der Waals surface area contributed by atoms with E-state index in [1.165, 1.54) is 0 Å². The molecule has 150 valence electrons. The number of hydrogen-bond donors (Lipinski definition) is 0. The maximum atomic E-state index is 13.1. The molecule has 29 heavy (non-hydrogen) atoms. The molecule has 0 unspecified atom stereocenters. The van der Waals surface area contributed by atoms with Crippen LogP contribution in [0.5, 0.6) is 5.75 Å². The predicted molar refractivity (Wildman–Crippen MR) is 113 cm³/mol. The van der Waals surface area contributed by atoms with Gasteiger partial charge in [-0.1, -0.05) is 22.0 Å². The first-order valence-corrected chi connectivity index (χ1v) is 10.3. The van der Waals surface area contributed by atoms with Gasteiger partial charge in [-0.05, 0) is 55.2 Å². The van der Waals surface area contributed by atoms with Gasteiger partial charge in [-0.15, -0.1) is 0 Å². The number of nitrogens with zero attached hydrogens (tertiary/aromatic N) is 2. The van der Waals surface area contributed by atoms with Crippen LogP contribution in [0.15, 0.2) is 34.8 Å². The number of ether oxygens (including phenoxy) is 1. The quantitative estimate of drug-likeness (QED) is 0.657. The second-order valence-corrected chi connectivity index (χ2v) is 8.18. The number of hydrogen-bond acceptors (Lipinski definition) is 4. The molecule has 2 heterocycles. The second kappa shape index (κ2) is 7.63. The normalized spacial score (nSPS) is 15.4. The van der Waals surface area contributed by atoms with E-state index in [2.05, 4.69) is 15.9 Å². The van der Waals surface area contributed by atoms with Gasteiger partial charge in [0.05, 0.1) is 23.9 Å². The number of benzene rings is 2. The van der Waals surface area contributed by atoms with E-state index in [0.717, 1.165) is 39.0 Å². The molecule has 2 aromatic rings. The van der Waals surface area contributed by atoms with Gasteiger partial charge >= 0.3 is 0 Å². The molecule has 0 radical (unpaired) electrons. The number of methoxy groups -OCH3 is 1. The Morgan fingerprint density at radius 1 is 1.14 bits per heavy atom. The van der Waals surface area contributed by atoms with Crippen LogP contribution in [-0.4, -0.2) is 42.8 Å². The summed E-state index contributed by atoms with van der Waals surface area (Å²) in [5.74, 6) is -0.152. The molecule has 0 bridgehead atoms. The van der Waals surface area contributed by atoms with Crippen molar-refractivity contribution in [3.63, 3.8) is 0 Å². The zero-order valence-corrected chi connectivity index (χ0v) is 17.9. The van der Waals surface area contributed by atoms with Crippen LogP contribution in [0.25, 0.3) is 0 Å². The summed E-state index contributed by atoms with van der Waals surface area (Å²) < 4.78 is 6.24. The first kappa shape index (κ1) is 19.6. The lowest BCUT2D eigenvalue weighted by atomic mass is 9.96. The van der Waals surface area contributed by atoms with Crippen LogP contribution in [0.1, 0.15) is 44.7 Å². The molecule has 2 aromatic carbocycles. The van der Waals surface area contributed by atoms with Crippen LogP contribution in [-0.2, 0) is 11.2 Å². The van der Waals surface area contributed by atoms with Crippen LogP contribution >= 0.6 is 15.9 Å². The third kappa shape index (κ3) is 3.33. The Bertz CT molecular complexity index is 1030. The summed E-state index contributed by atoms with van der Waals surface area (Å²) in [6.07, 6.45) is 1.84. The predicted octanol–water partition coefficient (Wildman–Crippen LogP) is 3.73. The summed E-state index contributed by atoms with van der Waals surface area (Å²) in [7, 11) is 1.60. The molecular weight excluding hydrogens is 436 g/mol. The Morgan fingerprint density at radius 3 is 2.66 bits per heavy atom. The van der Waals surface area contributed by atoms with Gasteiger partial charge in [0.2, 0.25) is 5.91 Å². The molecule has 0 fully saturated rings. The highest BCUT2D eigenvalue weighted by Gasteiger charge is 2.36.